The zero-order valence-electron chi connectivity index (χ0n) is 14.2. The third kappa shape index (κ3) is 6.44. The molecular weight excluding hydrogens is 391 g/mol. The predicted molar refractivity (Wildman–Crippen MR) is 103 cm³/mol. The van der Waals surface area contributed by atoms with Crippen molar-refractivity contribution in [2.24, 2.45) is 0 Å². The average Bonchev–Trinajstić information content (AvgIpc) is 2.67. The lowest BCUT2D eigenvalue weighted by atomic mass is 10.2. The van der Waals surface area contributed by atoms with Crippen LogP contribution in [0.15, 0.2) is 54.6 Å². The number of hydrogen-bond donors (Lipinski definition) is 2. The summed E-state index contributed by atoms with van der Waals surface area (Å²) >= 11 is 11.7. The minimum atomic E-state index is -1.10. The molecule has 2 N–H and O–H groups in total. The van der Waals surface area contributed by atoms with Crippen molar-refractivity contribution >= 4 is 47.1 Å². The highest BCUT2D eigenvalue weighted by Crippen LogP contribution is 2.23. The Hall–Kier alpha value is -2.83. The molecule has 6 nitrogen and oxygen atoms in total. The second kappa shape index (κ2) is 9.75. The number of nitrogens with one attached hydrogen (secondary N) is 2. The Kier molecular flexibility index (Phi) is 7.40. The fourth-order valence-electron chi connectivity index (χ4n) is 1.93. The normalized spacial score (nSPS) is 11.7. The van der Waals surface area contributed by atoms with Crippen molar-refractivity contribution in [3.63, 3.8) is 0 Å². The Labute approximate surface area is 166 Å². The summed E-state index contributed by atoms with van der Waals surface area (Å²) in [6, 6.07) is 13.2. The molecule has 0 aromatic heterocycles. The zero-order valence-corrected chi connectivity index (χ0v) is 15.8. The van der Waals surface area contributed by atoms with Gasteiger partial charge in [-0.2, -0.15) is 0 Å². The van der Waals surface area contributed by atoms with E-state index in [0.29, 0.717) is 21.2 Å². The second-order valence-corrected chi connectivity index (χ2v) is 6.21. The van der Waals surface area contributed by atoms with E-state index in [1.54, 1.807) is 48.5 Å². The molecule has 0 fully saturated rings. The highest BCUT2D eigenvalue weighted by molar-refractivity contribution is 6.42. The van der Waals surface area contributed by atoms with E-state index in [2.05, 4.69) is 10.9 Å². The molecule has 0 aliphatic rings. The SMILES string of the molecule is C[C@H](OC(=O)/C=C/c1ccc(Cl)c(Cl)c1)C(=O)NNC(=O)c1ccccc1. The van der Waals surface area contributed by atoms with Crippen molar-refractivity contribution in [3.05, 3.63) is 75.8 Å². The van der Waals surface area contributed by atoms with E-state index in [-0.39, 0.29) is 0 Å². The van der Waals surface area contributed by atoms with Gasteiger partial charge in [-0.25, -0.2) is 4.79 Å². The Balaban J connectivity index is 1.82. The lowest BCUT2D eigenvalue weighted by Gasteiger charge is -2.13. The van der Waals surface area contributed by atoms with Crippen LogP contribution in [0.3, 0.4) is 0 Å². The molecule has 0 aliphatic heterocycles. The van der Waals surface area contributed by atoms with Crippen LogP contribution in [0.25, 0.3) is 6.08 Å². The van der Waals surface area contributed by atoms with E-state index in [1.165, 1.54) is 13.0 Å². The Bertz CT molecular complexity index is 869. The molecule has 0 saturated carbocycles. The van der Waals surface area contributed by atoms with Crippen molar-refractivity contribution < 1.29 is 19.1 Å². The van der Waals surface area contributed by atoms with E-state index in [0.717, 1.165) is 6.08 Å². The topological polar surface area (TPSA) is 84.5 Å². The van der Waals surface area contributed by atoms with Crippen molar-refractivity contribution in [2.75, 3.05) is 0 Å². The third-order valence-electron chi connectivity index (χ3n) is 3.35. The lowest BCUT2D eigenvalue weighted by molar-refractivity contribution is -0.150. The molecule has 0 radical (unpaired) electrons. The number of esters is 1. The number of carbonyl (C=O) groups is 3. The van der Waals surface area contributed by atoms with Gasteiger partial charge in [0.25, 0.3) is 11.8 Å². The maximum absolute atomic E-state index is 11.9. The average molecular weight is 407 g/mol. The van der Waals surface area contributed by atoms with Crippen LogP contribution >= 0.6 is 23.2 Å². The smallest absolute Gasteiger partial charge is 0.331 e. The minimum absolute atomic E-state index is 0.356. The standard InChI is InChI=1S/C19H16Cl2N2O4/c1-12(18(25)22-23-19(26)14-5-3-2-4-6-14)27-17(24)10-8-13-7-9-15(20)16(21)11-13/h2-12H,1H3,(H,22,25)(H,23,26)/b10-8+/t12-/m0/s1. The lowest BCUT2D eigenvalue weighted by Crippen LogP contribution is -2.46. The molecule has 2 amide bonds. The van der Waals surface area contributed by atoms with Gasteiger partial charge in [-0.05, 0) is 42.8 Å². The van der Waals surface area contributed by atoms with Gasteiger partial charge in [0.2, 0.25) is 0 Å². The first-order valence-corrected chi connectivity index (χ1v) is 8.61. The fraction of sp³-hybridized carbons (Fsp3) is 0.105. The third-order valence-corrected chi connectivity index (χ3v) is 4.09. The van der Waals surface area contributed by atoms with Crippen LogP contribution in [0.5, 0.6) is 0 Å². The van der Waals surface area contributed by atoms with Gasteiger partial charge in [-0.15, -0.1) is 0 Å². The Morgan fingerprint density at radius 1 is 1.00 bits per heavy atom. The second-order valence-electron chi connectivity index (χ2n) is 5.40. The molecule has 2 aromatic carbocycles. The van der Waals surface area contributed by atoms with Crippen LogP contribution in [0, 0.1) is 0 Å². The molecule has 0 bridgehead atoms. The van der Waals surface area contributed by atoms with Crippen LogP contribution in [0.2, 0.25) is 10.0 Å². The number of hydrazine groups is 1. The number of ether oxygens (including phenoxy) is 1. The first-order chi connectivity index (χ1) is 12.9. The summed E-state index contributed by atoms with van der Waals surface area (Å²) in [4.78, 5) is 35.6. The number of benzene rings is 2. The summed E-state index contributed by atoms with van der Waals surface area (Å²) in [7, 11) is 0. The Morgan fingerprint density at radius 2 is 1.70 bits per heavy atom. The molecule has 0 spiro atoms. The monoisotopic (exact) mass is 406 g/mol. The van der Waals surface area contributed by atoms with E-state index in [4.69, 9.17) is 27.9 Å². The van der Waals surface area contributed by atoms with Gasteiger partial charge in [-0.1, -0.05) is 47.5 Å². The molecule has 0 heterocycles. The summed E-state index contributed by atoms with van der Waals surface area (Å²) in [5, 5.41) is 0.758. The summed E-state index contributed by atoms with van der Waals surface area (Å²) in [5.74, 6) is -1.88. The fourth-order valence-corrected chi connectivity index (χ4v) is 2.24. The summed E-state index contributed by atoms with van der Waals surface area (Å²) < 4.78 is 4.98. The summed E-state index contributed by atoms with van der Waals surface area (Å²) in [6.45, 7) is 1.38. The van der Waals surface area contributed by atoms with Gasteiger partial charge in [0.15, 0.2) is 6.10 Å². The molecular formula is C19H16Cl2N2O4. The molecule has 0 aliphatic carbocycles. The van der Waals surface area contributed by atoms with Crippen LogP contribution in [0.4, 0.5) is 0 Å². The summed E-state index contributed by atoms with van der Waals surface area (Å²) in [6.07, 6.45) is 1.53. The maximum Gasteiger partial charge on any atom is 0.331 e. The molecule has 1 atom stereocenters. The molecule has 140 valence electrons. The first kappa shape index (κ1) is 20.5. The Morgan fingerprint density at radius 3 is 2.37 bits per heavy atom. The van der Waals surface area contributed by atoms with Crippen LogP contribution in [-0.2, 0) is 14.3 Å². The van der Waals surface area contributed by atoms with Gasteiger partial charge < -0.3 is 4.74 Å². The molecule has 8 heteroatoms. The number of carbonyl (C=O) groups excluding carboxylic acids is 3. The number of rotatable bonds is 5. The van der Waals surface area contributed by atoms with Crippen molar-refractivity contribution in [1.29, 1.82) is 0 Å². The van der Waals surface area contributed by atoms with Crippen molar-refractivity contribution in [1.82, 2.24) is 10.9 Å². The number of hydrogen-bond acceptors (Lipinski definition) is 4. The number of halogens is 2. The largest absolute Gasteiger partial charge is 0.449 e. The van der Waals surface area contributed by atoms with Gasteiger partial charge in [0.1, 0.15) is 0 Å². The van der Waals surface area contributed by atoms with Gasteiger partial charge in [0, 0.05) is 11.6 Å². The van der Waals surface area contributed by atoms with Crippen LogP contribution in [-0.4, -0.2) is 23.9 Å². The van der Waals surface area contributed by atoms with Crippen LogP contribution in [0.1, 0.15) is 22.8 Å². The van der Waals surface area contributed by atoms with Crippen LogP contribution < -0.4 is 10.9 Å². The number of amides is 2. The van der Waals surface area contributed by atoms with E-state index in [9.17, 15) is 14.4 Å². The van der Waals surface area contributed by atoms with Crippen molar-refractivity contribution in [3.8, 4) is 0 Å². The molecule has 2 rings (SSSR count). The minimum Gasteiger partial charge on any atom is -0.449 e. The molecule has 2 aromatic rings. The zero-order chi connectivity index (χ0) is 19.8. The van der Waals surface area contributed by atoms with Gasteiger partial charge >= 0.3 is 5.97 Å². The maximum atomic E-state index is 11.9. The first-order valence-electron chi connectivity index (χ1n) is 7.86. The van der Waals surface area contributed by atoms with E-state index in [1.807, 2.05) is 0 Å². The van der Waals surface area contributed by atoms with Gasteiger partial charge in [-0.3, -0.25) is 20.4 Å². The molecule has 27 heavy (non-hydrogen) atoms. The quantitative estimate of drug-likeness (QED) is 0.452. The summed E-state index contributed by atoms with van der Waals surface area (Å²) in [5.41, 5.74) is 5.48. The van der Waals surface area contributed by atoms with E-state index >= 15 is 0 Å². The van der Waals surface area contributed by atoms with Gasteiger partial charge in [0.05, 0.1) is 10.0 Å². The van der Waals surface area contributed by atoms with Crippen molar-refractivity contribution in [2.45, 2.75) is 13.0 Å². The molecule has 0 saturated heterocycles. The van der Waals surface area contributed by atoms with E-state index < -0.39 is 23.9 Å². The highest BCUT2D eigenvalue weighted by atomic mass is 35.5. The predicted octanol–water partition coefficient (Wildman–Crippen LogP) is 3.40. The highest BCUT2D eigenvalue weighted by Gasteiger charge is 2.17. The molecule has 0 unspecified atom stereocenters.